The highest BCUT2D eigenvalue weighted by molar-refractivity contribution is 5.53. The molecular weight excluding hydrogens is 269 g/mol. The molecule has 0 N–H and O–H groups in total. The lowest BCUT2D eigenvalue weighted by molar-refractivity contribution is 0.573. The van der Waals surface area contributed by atoms with Crippen LogP contribution < -0.4 is 0 Å². The van der Waals surface area contributed by atoms with E-state index in [1.807, 2.05) is 12.1 Å². The van der Waals surface area contributed by atoms with Crippen molar-refractivity contribution in [3.63, 3.8) is 0 Å². The molecule has 102 valence electrons. The van der Waals surface area contributed by atoms with Crippen LogP contribution in [-0.2, 0) is 6.54 Å². The Balaban J connectivity index is 1.82. The summed E-state index contributed by atoms with van der Waals surface area (Å²) in [5.41, 5.74) is 2.21. The molecule has 0 spiro atoms. The van der Waals surface area contributed by atoms with Crippen LogP contribution in [0.4, 0.5) is 4.39 Å². The summed E-state index contributed by atoms with van der Waals surface area (Å²) in [4.78, 5) is 1.44. The molecule has 3 rings (SSSR count). The highest BCUT2D eigenvalue weighted by Gasteiger charge is 2.06. The third-order valence-electron chi connectivity index (χ3n) is 2.94. The molecule has 3 aromatic rings. The predicted octanol–water partition coefficient (Wildman–Crippen LogP) is 2.40. The maximum absolute atomic E-state index is 12.9. The summed E-state index contributed by atoms with van der Waals surface area (Å²) in [5, 5.41) is 21.0. The highest BCUT2D eigenvalue weighted by atomic mass is 19.1. The lowest BCUT2D eigenvalue weighted by Crippen LogP contribution is -2.04. The first kappa shape index (κ1) is 12.9. The third kappa shape index (κ3) is 2.92. The summed E-state index contributed by atoms with van der Waals surface area (Å²) in [6.07, 6.45) is 0. The quantitative estimate of drug-likeness (QED) is 0.738. The van der Waals surface area contributed by atoms with Crippen LogP contribution in [0.15, 0.2) is 48.5 Å². The lowest BCUT2D eigenvalue weighted by atomic mass is 10.1. The molecule has 0 bridgehead atoms. The van der Waals surface area contributed by atoms with Gasteiger partial charge in [0.25, 0.3) is 0 Å². The molecule has 0 atom stereocenters. The van der Waals surface area contributed by atoms with Gasteiger partial charge in [0.05, 0.1) is 18.2 Å². The molecule has 0 aliphatic rings. The van der Waals surface area contributed by atoms with E-state index in [0.29, 0.717) is 23.5 Å². The van der Waals surface area contributed by atoms with E-state index < -0.39 is 0 Å². The van der Waals surface area contributed by atoms with Crippen molar-refractivity contribution in [2.24, 2.45) is 0 Å². The van der Waals surface area contributed by atoms with E-state index in [1.54, 1.807) is 24.3 Å². The summed E-state index contributed by atoms with van der Waals surface area (Å²) < 4.78 is 12.9. The first-order chi connectivity index (χ1) is 10.2. The Kier molecular flexibility index (Phi) is 3.39. The van der Waals surface area contributed by atoms with Crippen molar-refractivity contribution in [2.45, 2.75) is 6.54 Å². The lowest BCUT2D eigenvalue weighted by Gasteiger charge is -1.99. The largest absolute Gasteiger partial charge is 0.207 e. The van der Waals surface area contributed by atoms with Gasteiger partial charge >= 0.3 is 0 Å². The molecule has 1 aromatic heterocycles. The molecule has 0 aliphatic heterocycles. The van der Waals surface area contributed by atoms with Crippen molar-refractivity contribution >= 4 is 0 Å². The van der Waals surface area contributed by atoms with Crippen LogP contribution in [-0.4, -0.2) is 20.2 Å². The third-order valence-corrected chi connectivity index (χ3v) is 2.94. The van der Waals surface area contributed by atoms with E-state index in [9.17, 15) is 4.39 Å². The highest BCUT2D eigenvalue weighted by Crippen LogP contribution is 2.14. The van der Waals surface area contributed by atoms with Gasteiger partial charge in [-0.05, 0) is 47.2 Å². The molecule has 0 amide bonds. The second-order valence-electron chi connectivity index (χ2n) is 4.46. The minimum Gasteiger partial charge on any atom is -0.207 e. The average molecular weight is 279 g/mol. The number of rotatable bonds is 3. The van der Waals surface area contributed by atoms with Gasteiger partial charge in [0.2, 0.25) is 5.82 Å². The van der Waals surface area contributed by atoms with Crippen molar-refractivity contribution < 1.29 is 4.39 Å². The number of nitriles is 1. The Hall–Kier alpha value is -3.07. The zero-order valence-corrected chi connectivity index (χ0v) is 10.9. The second-order valence-corrected chi connectivity index (χ2v) is 4.46. The second kappa shape index (κ2) is 5.51. The van der Waals surface area contributed by atoms with Crippen LogP contribution >= 0.6 is 0 Å². The van der Waals surface area contributed by atoms with Crippen molar-refractivity contribution in [1.82, 2.24) is 20.2 Å². The maximum atomic E-state index is 12.9. The number of halogens is 1. The van der Waals surface area contributed by atoms with Crippen LogP contribution in [0, 0.1) is 17.1 Å². The minimum absolute atomic E-state index is 0.306. The standard InChI is InChI=1S/C15H10FN5/c16-14-6-4-13(5-7-14)15-18-20-21(19-15)10-12-3-1-2-11(8-12)9-17/h1-8H,10H2. The molecule has 2 aromatic carbocycles. The molecular formula is C15H10FN5. The van der Waals surface area contributed by atoms with Crippen molar-refractivity contribution in [2.75, 3.05) is 0 Å². The van der Waals surface area contributed by atoms with E-state index in [2.05, 4.69) is 21.5 Å². The first-order valence-corrected chi connectivity index (χ1v) is 6.27. The van der Waals surface area contributed by atoms with Gasteiger partial charge in [0.1, 0.15) is 5.82 Å². The fourth-order valence-corrected chi connectivity index (χ4v) is 1.93. The molecule has 0 unspecified atom stereocenters. The Bertz CT molecular complexity index is 801. The van der Waals surface area contributed by atoms with Crippen LogP contribution in [0.5, 0.6) is 0 Å². The summed E-state index contributed by atoms with van der Waals surface area (Å²) in [5.74, 6) is 0.130. The van der Waals surface area contributed by atoms with Gasteiger partial charge in [-0.3, -0.25) is 0 Å². The normalized spacial score (nSPS) is 10.3. The average Bonchev–Trinajstić information content (AvgIpc) is 2.96. The number of benzene rings is 2. The van der Waals surface area contributed by atoms with Gasteiger partial charge < -0.3 is 0 Å². The van der Waals surface area contributed by atoms with Gasteiger partial charge in [0.15, 0.2) is 0 Å². The van der Waals surface area contributed by atoms with E-state index in [-0.39, 0.29) is 5.82 Å². The zero-order valence-electron chi connectivity index (χ0n) is 10.9. The summed E-state index contributed by atoms with van der Waals surface area (Å²) in [6, 6.07) is 15.2. The van der Waals surface area contributed by atoms with Gasteiger partial charge in [-0.2, -0.15) is 10.1 Å². The Morgan fingerprint density at radius 3 is 2.71 bits per heavy atom. The molecule has 21 heavy (non-hydrogen) atoms. The molecule has 1 heterocycles. The number of tetrazole rings is 1. The minimum atomic E-state index is -0.306. The van der Waals surface area contributed by atoms with E-state index >= 15 is 0 Å². The number of hydrogen-bond donors (Lipinski definition) is 0. The molecule has 0 saturated heterocycles. The molecule has 5 nitrogen and oxygen atoms in total. The predicted molar refractivity (Wildman–Crippen MR) is 73.5 cm³/mol. The molecule has 0 aliphatic carbocycles. The molecule has 6 heteroatoms. The fraction of sp³-hybridized carbons (Fsp3) is 0.0667. The fourth-order valence-electron chi connectivity index (χ4n) is 1.93. The molecule has 0 saturated carbocycles. The monoisotopic (exact) mass is 279 g/mol. The smallest absolute Gasteiger partial charge is 0.204 e. The SMILES string of the molecule is N#Cc1cccc(Cn2nnc(-c3ccc(F)cc3)n2)c1. The Morgan fingerprint density at radius 1 is 1.14 bits per heavy atom. The summed E-state index contributed by atoms with van der Waals surface area (Å²) in [6.45, 7) is 0.420. The van der Waals surface area contributed by atoms with E-state index in [0.717, 1.165) is 5.56 Å². The van der Waals surface area contributed by atoms with Gasteiger partial charge in [-0.25, -0.2) is 4.39 Å². The topological polar surface area (TPSA) is 67.4 Å². The molecule has 0 fully saturated rings. The van der Waals surface area contributed by atoms with Crippen molar-refractivity contribution in [3.05, 3.63) is 65.5 Å². The maximum Gasteiger partial charge on any atom is 0.204 e. The molecule has 0 radical (unpaired) electrons. The van der Waals surface area contributed by atoms with Crippen molar-refractivity contribution in [3.8, 4) is 17.5 Å². The van der Waals surface area contributed by atoms with Crippen LogP contribution in [0.2, 0.25) is 0 Å². The van der Waals surface area contributed by atoms with Crippen LogP contribution in [0.3, 0.4) is 0 Å². The Morgan fingerprint density at radius 2 is 1.95 bits per heavy atom. The van der Waals surface area contributed by atoms with E-state index in [4.69, 9.17) is 5.26 Å². The zero-order chi connectivity index (χ0) is 14.7. The van der Waals surface area contributed by atoms with Gasteiger partial charge in [-0.15, -0.1) is 10.2 Å². The van der Waals surface area contributed by atoms with Crippen LogP contribution in [0.25, 0.3) is 11.4 Å². The number of aromatic nitrogens is 4. The number of nitrogens with zero attached hydrogens (tertiary/aromatic N) is 5. The number of hydrogen-bond acceptors (Lipinski definition) is 4. The first-order valence-electron chi connectivity index (χ1n) is 6.27. The van der Waals surface area contributed by atoms with Gasteiger partial charge in [-0.1, -0.05) is 12.1 Å². The van der Waals surface area contributed by atoms with Crippen LogP contribution in [0.1, 0.15) is 11.1 Å². The van der Waals surface area contributed by atoms with Gasteiger partial charge in [0, 0.05) is 5.56 Å². The summed E-state index contributed by atoms with van der Waals surface area (Å²) in [7, 11) is 0. The van der Waals surface area contributed by atoms with E-state index in [1.165, 1.54) is 16.9 Å². The van der Waals surface area contributed by atoms with Crippen molar-refractivity contribution in [1.29, 1.82) is 5.26 Å². The Labute approximate surface area is 120 Å². The summed E-state index contributed by atoms with van der Waals surface area (Å²) >= 11 is 0.